The van der Waals surface area contributed by atoms with Crippen LogP contribution < -0.4 is 21.3 Å². The number of benzene rings is 8. The van der Waals surface area contributed by atoms with E-state index in [4.69, 9.17) is 11.5 Å². The van der Waals surface area contributed by atoms with Crippen LogP contribution in [0.5, 0.6) is 0 Å². The molecule has 0 aliphatic carbocycles. The number of hydrogen-bond acceptors (Lipinski definition) is 4. The van der Waals surface area contributed by atoms with Gasteiger partial charge in [0.05, 0.1) is 0 Å². The summed E-state index contributed by atoms with van der Waals surface area (Å²) in [6, 6.07) is 75.2. The molecule has 0 saturated heterocycles. The summed E-state index contributed by atoms with van der Waals surface area (Å²) in [4.78, 5) is 4.56. The largest absolute Gasteiger partial charge is 0.399 e. The minimum absolute atomic E-state index is 0.782. The van der Waals surface area contributed by atoms with Crippen LogP contribution in [-0.4, -0.2) is 0 Å². The Morgan fingerprint density at radius 2 is 0.404 bits per heavy atom. The third-order valence-corrected chi connectivity index (χ3v) is 8.80. The average molecular weight is 673 g/mol. The van der Waals surface area contributed by atoms with Crippen LogP contribution in [-0.2, 0) is 0 Å². The maximum absolute atomic E-state index is 5.61. The van der Waals surface area contributed by atoms with Crippen molar-refractivity contribution in [3.63, 3.8) is 0 Å². The molecule has 8 aromatic rings. The highest BCUT2D eigenvalue weighted by Gasteiger charge is 2.14. The molecule has 52 heavy (non-hydrogen) atoms. The molecule has 0 radical (unpaired) electrons. The Balaban J connectivity index is 0.000000251. The van der Waals surface area contributed by atoms with E-state index in [0.717, 1.165) is 56.6 Å². The second kappa shape index (κ2) is 16.1. The Labute approximate surface area is 306 Å². The molecule has 8 aromatic carbocycles. The van der Waals surface area contributed by atoms with E-state index in [9.17, 15) is 0 Å². The molecule has 4 heteroatoms. The van der Waals surface area contributed by atoms with Crippen molar-refractivity contribution in [2.24, 2.45) is 0 Å². The summed E-state index contributed by atoms with van der Waals surface area (Å²) in [6.45, 7) is 0. The Morgan fingerprint density at radius 1 is 0.212 bits per heavy atom. The zero-order valence-electron chi connectivity index (χ0n) is 28.8. The second-order valence-electron chi connectivity index (χ2n) is 12.4. The van der Waals surface area contributed by atoms with Crippen molar-refractivity contribution in [2.75, 3.05) is 21.3 Å². The average Bonchev–Trinajstić information content (AvgIpc) is 3.21. The van der Waals surface area contributed by atoms with Gasteiger partial charge in [-0.3, -0.25) is 0 Å². The van der Waals surface area contributed by atoms with Gasteiger partial charge in [0.2, 0.25) is 0 Å². The topological polar surface area (TPSA) is 58.5 Å². The molecule has 0 heterocycles. The molecule has 8 rings (SSSR count). The fourth-order valence-electron chi connectivity index (χ4n) is 6.16. The Kier molecular flexibility index (Phi) is 10.4. The van der Waals surface area contributed by atoms with E-state index in [2.05, 4.69) is 180 Å². The highest BCUT2D eigenvalue weighted by Crippen LogP contribution is 2.37. The van der Waals surface area contributed by atoms with Gasteiger partial charge < -0.3 is 21.3 Å². The van der Waals surface area contributed by atoms with Crippen molar-refractivity contribution in [2.45, 2.75) is 0 Å². The number of nitrogen functional groups attached to an aromatic ring is 2. The van der Waals surface area contributed by atoms with Crippen LogP contribution in [0.1, 0.15) is 0 Å². The van der Waals surface area contributed by atoms with Gasteiger partial charge in [-0.25, -0.2) is 0 Å². The summed E-state index contributed by atoms with van der Waals surface area (Å²) in [6.07, 6.45) is 0. The number of hydrogen-bond donors (Lipinski definition) is 2. The Morgan fingerprint density at radius 3 is 0.635 bits per heavy atom. The maximum Gasteiger partial charge on any atom is 0.0462 e. The molecule has 0 aliphatic rings. The molecule has 0 bridgehead atoms. The molecule has 0 saturated carbocycles. The van der Waals surface area contributed by atoms with Crippen molar-refractivity contribution < 1.29 is 0 Å². The quantitative estimate of drug-likeness (QED) is 0.158. The lowest BCUT2D eigenvalue weighted by Gasteiger charge is -2.26. The van der Waals surface area contributed by atoms with Crippen LogP contribution in [0, 0.1) is 0 Å². The second-order valence-corrected chi connectivity index (χ2v) is 12.4. The Hall–Kier alpha value is -7.04. The van der Waals surface area contributed by atoms with Gasteiger partial charge in [-0.05, 0) is 119 Å². The normalized spacial score (nSPS) is 10.5. The van der Waals surface area contributed by atoms with Crippen LogP contribution in [0.25, 0.3) is 22.3 Å². The first kappa shape index (κ1) is 33.5. The third-order valence-electron chi connectivity index (χ3n) is 8.80. The van der Waals surface area contributed by atoms with E-state index < -0.39 is 0 Å². The first-order valence-corrected chi connectivity index (χ1v) is 17.3. The zero-order valence-corrected chi connectivity index (χ0v) is 28.8. The van der Waals surface area contributed by atoms with E-state index in [-0.39, 0.29) is 0 Å². The van der Waals surface area contributed by atoms with Gasteiger partial charge in [0.15, 0.2) is 0 Å². The van der Waals surface area contributed by atoms with Crippen LogP contribution >= 0.6 is 0 Å². The summed E-state index contributed by atoms with van der Waals surface area (Å²) < 4.78 is 0. The number of nitrogens with zero attached hydrogens (tertiary/aromatic N) is 2. The first-order valence-electron chi connectivity index (χ1n) is 17.3. The summed E-state index contributed by atoms with van der Waals surface area (Å²) in [5, 5.41) is 0. The highest BCUT2D eigenvalue weighted by molar-refractivity contribution is 5.80. The molecule has 4 N–H and O–H groups in total. The van der Waals surface area contributed by atoms with Gasteiger partial charge in [-0.1, -0.05) is 121 Å². The van der Waals surface area contributed by atoms with Gasteiger partial charge >= 0.3 is 0 Å². The first-order chi connectivity index (χ1) is 25.6. The van der Waals surface area contributed by atoms with Crippen LogP contribution in [0.15, 0.2) is 218 Å². The summed E-state index contributed by atoms with van der Waals surface area (Å²) >= 11 is 0. The van der Waals surface area contributed by atoms with E-state index in [1.165, 1.54) is 11.1 Å². The lowest BCUT2D eigenvalue weighted by molar-refractivity contribution is 1.28. The van der Waals surface area contributed by atoms with Gasteiger partial charge in [-0.15, -0.1) is 0 Å². The summed E-state index contributed by atoms with van der Waals surface area (Å²) in [5.74, 6) is 0. The van der Waals surface area contributed by atoms with Crippen molar-refractivity contribution in [3.05, 3.63) is 218 Å². The van der Waals surface area contributed by atoms with Gasteiger partial charge in [0, 0.05) is 45.5 Å². The number of para-hydroxylation sites is 4. The fourth-order valence-corrected chi connectivity index (χ4v) is 6.16. The predicted octanol–water partition coefficient (Wildman–Crippen LogP) is 12.8. The third kappa shape index (κ3) is 8.05. The van der Waals surface area contributed by atoms with E-state index >= 15 is 0 Å². The van der Waals surface area contributed by atoms with Crippen LogP contribution in [0.2, 0.25) is 0 Å². The molecule has 0 aromatic heterocycles. The minimum Gasteiger partial charge on any atom is -0.399 e. The van der Waals surface area contributed by atoms with Crippen molar-refractivity contribution >= 4 is 45.5 Å². The highest BCUT2D eigenvalue weighted by atomic mass is 15.1. The molecule has 0 unspecified atom stereocenters. The molecule has 252 valence electrons. The zero-order chi connectivity index (χ0) is 35.5. The van der Waals surface area contributed by atoms with Crippen molar-refractivity contribution in [3.8, 4) is 22.3 Å². The minimum atomic E-state index is 0.782. The number of nitrogens with two attached hydrogens (primary N) is 2. The summed E-state index contributed by atoms with van der Waals surface area (Å²) in [5.41, 5.74) is 24.3. The van der Waals surface area contributed by atoms with Crippen molar-refractivity contribution in [1.82, 2.24) is 0 Å². The Bertz CT molecular complexity index is 2010. The van der Waals surface area contributed by atoms with Gasteiger partial charge in [0.1, 0.15) is 0 Å². The molecule has 0 atom stereocenters. The fraction of sp³-hybridized carbons (Fsp3) is 0. The van der Waals surface area contributed by atoms with Gasteiger partial charge in [-0.2, -0.15) is 0 Å². The van der Waals surface area contributed by atoms with E-state index in [1.54, 1.807) is 0 Å². The van der Waals surface area contributed by atoms with Gasteiger partial charge in [0.25, 0.3) is 0 Å². The molecule has 0 aliphatic heterocycles. The molecule has 0 amide bonds. The molecule has 0 fully saturated rings. The molecule has 4 nitrogen and oxygen atoms in total. The van der Waals surface area contributed by atoms with Crippen LogP contribution in [0.4, 0.5) is 45.5 Å². The SMILES string of the molecule is Nc1ccc(-c2ccc(N)cc2)cc1.c1ccc(N(c2ccccc2)c2ccc(-c3ccc(N(c4ccccc4)c4ccccc4)cc3)cc2)cc1. The molecular formula is C48H40N4. The number of rotatable bonds is 8. The number of anilines is 8. The van der Waals surface area contributed by atoms with E-state index in [0.29, 0.717) is 0 Å². The van der Waals surface area contributed by atoms with E-state index in [1.807, 2.05) is 48.5 Å². The van der Waals surface area contributed by atoms with Crippen molar-refractivity contribution in [1.29, 1.82) is 0 Å². The summed E-state index contributed by atoms with van der Waals surface area (Å²) in [7, 11) is 0. The van der Waals surface area contributed by atoms with Crippen LogP contribution in [0.3, 0.4) is 0 Å². The smallest absolute Gasteiger partial charge is 0.0462 e. The molecule has 0 spiro atoms. The standard InChI is InChI=1S/C36H28N2.C12H12N2/c1-5-13-31(14-6-1)37(32-15-7-2-8-16-32)35-25-21-29(22-26-35)30-23-27-36(28-24-30)38(33-17-9-3-10-18-33)34-19-11-4-12-20-34;13-11-5-1-9(2-6-11)10-3-7-12(14)8-4-10/h1-28H;1-8H,13-14H2. The monoisotopic (exact) mass is 672 g/mol. The maximum atomic E-state index is 5.61. The predicted molar refractivity (Wildman–Crippen MR) is 222 cm³/mol. The molecular weight excluding hydrogens is 633 g/mol. The lowest BCUT2D eigenvalue weighted by atomic mass is 10.0. The lowest BCUT2D eigenvalue weighted by Crippen LogP contribution is -2.09.